The van der Waals surface area contributed by atoms with Gasteiger partial charge in [0, 0.05) is 17.8 Å². The number of aryl methyl sites for hydroxylation is 1. The summed E-state index contributed by atoms with van der Waals surface area (Å²) in [7, 11) is -6.17. The molecule has 0 fully saturated rings. The van der Waals surface area contributed by atoms with Gasteiger partial charge in [-0.2, -0.15) is 0 Å². The summed E-state index contributed by atoms with van der Waals surface area (Å²) in [6.07, 6.45) is 1.07. The van der Waals surface area contributed by atoms with Crippen molar-refractivity contribution >= 4 is 54.6 Å². The summed E-state index contributed by atoms with van der Waals surface area (Å²) in [6, 6.07) is 18.8. The number of rotatable bonds is 8. The molecule has 0 spiro atoms. The monoisotopic (exact) mass is 521 g/mol. The lowest BCUT2D eigenvalue weighted by Crippen LogP contribution is -2.38. The highest BCUT2D eigenvalue weighted by atomic mass is 35.5. The molecule has 180 valence electrons. The summed E-state index contributed by atoms with van der Waals surface area (Å²) in [5, 5.41) is 3.09. The largest absolute Gasteiger partial charge is 0.324 e. The highest BCUT2D eigenvalue weighted by Crippen LogP contribution is 2.29. The van der Waals surface area contributed by atoms with E-state index in [1.165, 1.54) is 25.2 Å². The lowest BCUT2D eigenvalue weighted by molar-refractivity contribution is -0.114. The fourth-order valence-electron chi connectivity index (χ4n) is 3.22. The molecule has 34 heavy (non-hydrogen) atoms. The second-order valence-electron chi connectivity index (χ2n) is 7.58. The molecule has 1 N–H and O–H groups in total. The van der Waals surface area contributed by atoms with E-state index < -0.39 is 32.5 Å². The fourth-order valence-corrected chi connectivity index (χ4v) is 5.45. The van der Waals surface area contributed by atoms with Crippen molar-refractivity contribution in [2.75, 3.05) is 33.8 Å². The molecule has 0 bridgehead atoms. The molecule has 11 heteroatoms. The number of anilines is 3. The SMILES string of the molecule is Cc1cc(Cl)ccc1N(CC(=O)Nc1cccc(N(C)S(C)(=O)=O)c1)S(=O)(=O)c1ccccc1. The zero-order valence-corrected chi connectivity index (χ0v) is 21.2. The molecule has 3 aromatic rings. The van der Waals surface area contributed by atoms with Crippen molar-refractivity contribution in [2.24, 2.45) is 0 Å². The van der Waals surface area contributed by atoms with Crippen molar-refractivity contribution in [2.45, 2.75) is 11.8 Å². The molecule has 3 aromatic carbocycles. The van der Waals surface area contributed by atoms with Gasteiger partial charge in [0.05, 0.1) is 22.5 Å². The number of amides is 1. The lowest BCUT2D eigenvalue weighted by Gasteiger charge is -2.26. The molecule has 1 amide bonds. The van der Waals surface area contributed by atoms with Crippen LogP contribution < -0.4 is 13.9 Å². The molecule has 0 aliphatic rings. The molecule has 0 heterocycles. The Morgan fingerprint density at radius 3 is 2.24 bits per heavy atom. The number of hydrogen-bond acceptors (Lipinski definition) is 5. The maximum absolute atomic E-state index is 13.5. The minimum atomic E-state index is -4.08. The smallest absolute Gasteiger partial charge is 0.264 e. The van der Waals surface area contributed by atoms with Crippen molar-refractivity contribution in [3.8, 4) is 0 Å². The van der Waals surface area contributed by atoms with Crippen LogP contribution in [0.3, 0.4) is 0 Å². The van der Waals surface area contributed by atoms with E-state index in [1.54, 1.807) is 61.5 Å². The van der Waals surface area contributed by atoms with Gasteiger partial charge < -0.3 is 5.32 Å². The normalized spacial score (nSPS) is 11.6. The number of halogens is 1. The van der Waals surface area contributed by atoms with Gasteiger partial charge in [0.15, 0.2) is 0 Å². The van der Waals surface area contributed by atoms with Crippen LogP contribution in [0.25, 0.3) is 0 Å². The summed E-state index contributed by atoms with van der Waals surface area (Å²) >= 11 is 6.04. The van der Waals surface area contributed by atoms with Crippen molar-refractivity contribution < 1.29 is 21.6 Å². The highest BCUT2D eigenvalue weighted by molar-refractivity contribution is 7.93. The van der Waals surface area contributed by atoms with Gasteiger partial charge in [0.25, 0.3) is 10.0 Å². The van der Waals surface area contributed by atoms with Crippen LogP contribution in [0.4, 0.5) is 17.1 Å². The first-order valence-corrected chi connectivity index (χ1v) is 13.7. The fraction of sp³-hybridized carbons (Fsp3) is 0.174. The molecular weight excluding hydrogens is 498 g/mol. The second-order valence-corrected chi connectivity index (χ2v) is 11.9. The molecule has 3 rings (SSSR count). The van der Waals surface area contributed by atoms with E-state index in [4.69, 9.17) is 11.6 Å². The van der Waals surface area contributed by atoms with E-state index in [1.807, 2.05) is 0 Å². The standard InChI is InChI=1S/C23H24ClN3O5S2/c1-17-14-18(24)12-13-22(17)27(34(31,32)21-10-5-4-6-11-21)16-23(28)25-19-8-7-9-20(15-19)26(2)33(3,29)30/h4-15H,16H2,1-3H3,(H,25,28). The Hall–Kier alpha value is -3.08. The molecule has 0 aliphatic carbocycles. The van der Waals surface area contributed by atoms with Crippen LogP contribution in [0.1, 0.15) is 5.56 Å². The van der Waals surface area contributed by atoms with Gasteiger partial charge in [-0.05, 0) is 61.0 Å². The van der Waals surface area contributed by atoms with Crippen molar-refractivity contribution in [1.82, 2.24) is 0 Å². The molecule has 0 saturated carbocycles. The first-order valence-electron chi connectivity index (χ1n) is 10.1. The van der Waals surface area contributed by atoms with E-state index in [0.29, 0.717) is 27.6 Å². The molecular formula is C23H24ClN3O5S2. The average molecular weight is 522 g/mol. The van der Waals surface area contributed by atoms with E-state index in [-0.39, 0.29) is 4.90 Å². The highest BCUT2D eigenvalue weighted by Gasteiger charge is 2.28. The Labute approximate surface area is 204 Å². The molecule has 0 unspecified atom stereocenters. The van der Waals surface area contributed by atoms with Crippen molar-refractivity contribution in [3.63, 3.8) is 0 Å². The minimum Gasteiger partial charge on any atom is -0.324 e. The van der Waals surface area contributed by atoms with Gasteiger partial charge in [-0.3, -0.25) is 13.4 Å². The third-order valence-corrected chi connectivity index (χ3v) is 8.25. The number of carbonyl (C=O) groups is 1. The summed E-state index contributed by atoms with van der Waals surface area (Å²) in [5.74, 6) is -0.604. The number of sulfonamides is 2. The van der Waals surface area contributed by atoms with Crippen LogP contribution in [0, 0.1) is 6.92 Å². The Morgan fingerprint density at radius 2 is 1.62 bits per heavy atom. The lowest BCUT2D eigenvalue weighted by atomic mass is 10.2. The zero-order chi connectivity index (χ0) is 25.1. The van der Waals surface area contributed by atoms with Gasteiger partial charge in [0.1, 0.15) is 6.54 Å². The Kier molecular flexibility index (Phi) is 7.54. The topological polar surface area (TPSA) is 104 Å². The first kappa shape index (κ1) is 25.5. The molecule has 0 saturated heterocycles. The van der Waals surface area contributed by atoms with Crippen LogP contribution >= 0.6 is 11.6 Å². The van der Waals surface area contributed by atoms with Gasteiger partial charge in [-0.15, -0.1) is 0 Å². The summed E-state index contributed by atoms with van der Waals surface area (Å²) in [4.78, 5) is 13.0. The number of carbonyl (C=O) groups excluding carboxylic acids is 1. The van der Waals surface area contributed by atoms with E-state index in [2.05, 4.69) is 5.32 Å². The Bertz CT molecular complexity index is 1410. The van der Waals surface area contributed by atoms with Crippen LogP contribution in [-0.2, 0) is 24.8 Å². The van der Waals surface area contributed by atoms with Crippen LogP contribution in [-0.4, -0.2) is 42.6 Å². The predicted molar refractivity (Wildman–Crippen MR) is 135 cm³/mol. The van der Waals surface area contributed by atoms with Gasteiger partial charge in [0.2, 0.25) is 15.9 Å². The minimum absolute atomic E-state index is 0.0360. The summed E-state index contributed by atoms with van der Waals surface area (Å²) in [5.41, 5.74) is 1.57. The molecule has 0 atom stereocenters. The Balaban J connectivity index is 1.94. The van der Waals surface area contributed by atoms with Gasteiger partial charge in [-0.1, -0.05) is 35.9 Å². The van der Waals surface area contributed by atoms with Crippen molar-refractivity contribution in [3.05, 3.63) is 83.4 Å². The molecule has 8 nitrogen and oxygen atoms in total. The quantitative estimate of drug-likeness (QED) is 0.484. The van der Waals surface area contributed by atoms with E-state index in [0.717, 1.165) is 14.9 Å². The first-order chi connectivity index (χ1) is 15.9. The summed E-state index contributed by atoms with van der Waals surface area (Å²) < 4.78 is 52.7. The number of hydrogen-bond donors (Lipinski definition) is 1. The third kappa shape index (κ3) is 5.88. The molecule has 0 aromatic heterocycles. The van der Waals surface area contributed by atoms with Crippen LogP contribution in [0.2, 0.25) is 5.02 Å². The van der Waals surface area contributed by atoms with Crippen molar-refractivity contribution in [1.29, 1.82) is 0 Å². The third-order valence-electron chi connectivity index (χ3n) is 5.04. The van der Waals surface area contributed by atoms with Gasteiger partial charge >= 0.3 is 0 Å². The maximum Gasteiger partial charge on any atom is 0.264 e. The van der Waals surface area contributed by atoms with Crippen LogP contribution in [0.15, 0.2) is 77.7 Å². The number of nitrogens with one attached hydrogen (secondary N) is 1. The van der Waals surface area contributed by atoms with Gasteiger partial charge in [-0.25, -0.2) is 16.8 Å². The predicted octanol–water partition coefficient (Wildman–Crippen LogP) is 3.88. The van der Waals surface area contributed by atoms with E-state index >= 15 is 0 Å². The maximum atomic E-state index is 13.5. The zero-order valence-electron chi connectivity index (χ0n) is 18.8. The number of benzene rings is 3. The second kappa shape index (κ2) is 10.0. The summed E-state index contributed by atoms with van der Waals surface area (Å²) in [6.45, 7) is 1.20. The number of nitrogens with zero attached hydrogens (tertiary/aromatic N) is 2. The average Bonchev–Trinajstić information content (AvgIpc) is 2.77. The molecule has 0 aliphatic heterocycles. The Morgan fingerprint density at radius 1 is 0.941 bits per heavy atom. The molecule has 0 radical (unpaired) electrons. The van der Waals surface area contributed by atoms with E-state index in [9.17, 15) is 21.6 Å². The van der Waals surface area contributed by atoms with Crippen LogP contribution in [0.5, 0.6) is 0 Å².